The summed E-state index contributed by atoms with van der Waals surface area (Å²) in [6, 6.07) is 9.56. The van der Waals surface area contributed by atoms with Gasteiger partial charge in [-0.1, -0.05) is 30.3 Å². The summed E-state index contributed by atoms with van der Waals surface area (Å²) in [6.07, 6.45) is 1.06. The van der Waals surface area contributed by atoms with E-state index in [2.05, 4.69) is 0 Å². The number of rotatable bonds is 2. The fraction of sp³-hybridized carbons (Fsp3) is 0.429. The first-order valence-corrected chi connectivity index (χ1v) is 6.56. The topological polar surface area (TPSA) is 46.6 Å². The van der Waals surface area contributed by atoms with Crippen molar-refractivity contribution >= 4 is 22.9 Å². The van der Waals surface area contributed by atoms with E-state index in [1.807, 2.05) is 30.3 Å². The van der Waals surface area contributed by atoms with Crippen LogP contribution in [-0.2, 0) is 14.9 Å². The van der Waals surface area contributed by atoms with Gasteiger partial charge in [-0.05, 0) is 30.0 Å². The Labute approximate surface area is 117 Å². The molecule has 0 radical (unpaired) electrons. The first-order chi connectivity index (χ1) is 9.10. The fourth-order valence-electron chi connectivity index (χ4n) is 2.63. The van der Waals surface area contributed by atoms with E-state index >= 15 is 0 Å². The lowest BCUT2D eigenvalue weighted by molar-refractivity contribution is -0.149. The standard InChI is InChI=1S/C14H16ClNO3/c1-19-12(17)14(11-5-3-2-4-6-11)7-9-16(10-8-14)13(15)18/h2-6H,7-10H2,1H3. The average Bonchev–Trinajstić information content (AvgIpc) is 2.47. The van der Waals surface area contributed by atoms with E-state index < -0.39 is 10.8 Å². The van der Waals surface area contributed by atoms with Crippen LogP contribution in [0.5, 0.6) is 0 Å². The molecule has 0 atom stereocenters. The van der Waals surface area contributed by atoms with Crippen LogP contribution < -0.4 is 0 Å². The van der Waals surface area contributed by atoms with Crippen molar-refractivity contribution < 1.29 is 14.3 Å². The second-order valence-electron chi connectivity index (χ2n) is 4.68. The Morgan fingerprint density at radius 3 is 2.26 bits per heavy atom. The van der Waals surface area contributed by atoms with Crippen molar-refractivity contribution in [3.05, 3.63) is 35.9 Å². The number of methoxy groups -OCH3 is 1. The Balaban J connectivity index is 2.29. The van der Waals surface area contributed by atoms with Gasteiger partial charge in [-0.15, -0.1) is 0 Å². The van der Waals surface area contributed by atoms with Gasteiger partial charge in [0.2, 0.25) is 0 Å². The third-order valence-electron chi connectivity index (χ3n) is 3.77. The van der Waals surface area contributed by atoms with Crippen molar-refractivity contribution in [1.29, 1.82) is 0 Å². The third-order valence-corrected chi connectivity index (χ3v) is 4.01. The van der Waals surface area contributed by atoms with Crippen molar-refractivity contribution in [3.8, 4) is 0 Å². The second kappa shape index (κ2) is 5.61. The van der Waals surface area contributed by atoms with Gasteiger partial charge in [0.15, 0.2) is 0 Å². The Morgan fingerprint density at radius 1 is 1.21 bits per heavy atom. The molecule has 1 aliphatic rings. The number of hydrogen-bond donors (Lipinski definition) is 0. The van der Waals surface area contributed by atoms with Crippen molar-refractivity contribution in [3.63, 3.8) is 0 Å². The number of ether oxygens (including phenoxy) is 1. The molecular formula is C14H16ClNO3. The molecule has 1 heterocycles. The predicted octanol–water partition coefficient (Wildman–Crippen LogP) is 2.55. The second-order valence-corrected chi connectivity index (χ2v) is 5.00. The van der Waals surface area contributed by atoms with E-state index in [1.54, 1.807) is 4.90 Å². The van der Waals surface area contributed by atoms with Crippen LogP contribution in [0.4, 0.5) is 4.79 Å². The number of esters is 1. The molecule has 0 unspecified atom stereocenters. The number of amides is 1. The molecule has 1 aromatic carbocycles. The number of halogens is 1. The Kier molecular flexibility index (Phi) is 4.10. The number of carbonyl (C=O) groups is 2. The summed E-state index contributed by atoms with van der Waals surface area (Å²) < 4.78 is 4.97. The summed E-state index contributed by atoms with van der Waals surface area (Å²) in [5, 5.41) is -0.466. The highest BCUT2D eigenvalue weighted by atomic mass is 35.5. The van der Waals surface area contributed by atoms with Gasteiger partial charge in [0.1, 0.15) is 0 Å². The molecule has 0 spiro atoms. The molecule has 2 rings (SSSR count). The maximum atomic E-state index is 12.2. The minimum absolute atomic E-state index is 0.250. The molecule has 1 aliphatic heterocycles. The van der Waals surface area contributed by atoms with Gasteiger partial charge < -0.3 is 9.64 Å². The zero-order valence-corrected chi connectivity index (χ0v) is 11.5. The number of piperidine rings is 1. The molecule has 19 heavy (non-hydrogen) atoms. The average molecular weight is 282 g/mol. The van der Waals surface area contributed by atoms with Crippen LogP contribution in [0.25, 0.3) is 0 Å². The summed E-state index contributed by atoms with van der Waals surface area (Å²) in [7, 11) is 1.39. The van der Waals surface area contributed by atoms with Crippen molar-refractivity contribution in [1.82, 2.24) is 4.90 Å². The monoisotopic (exact) mass is 281 g/mol. The number of likely N-dealkylation sites (tertiary alicyclic amines) is 1. The lowest BCUT2D eigenvalue weighted by Gasteiger charge is -2.39. The summed E-state index contributed by atoms with van der Waals surface area (Å²) in [5.74, 6) is -0.250. The molecule has 0 saturated carbocycles. The Bertz CT molecular complexity index is 467. The highest BCUT2D eigenvalue weighted by Gasteiger charge is 2.44. The minimum Gasteiger partial charge on any atom is -0.468 e. The molecule has 1 aromatic rings. The highest BCUT2D eigenvalue weighted by molar-refractivity contribution is 6.62. The Morgan fingerprint density at radius 2 is 1.79 bits per heavy atom. The quantitative estimate of drug-likeness (QED) is 0.475. The van der Waals surface area contributed by atoms with E-state index in [0.717, 1.165) is 5.56 Å². The number of benzene rings is 1. The van der Waals surface area contributed by atoms with Crippen molar-refractivity contribution in [2.75, 3.05) is 20.2 Å². The molecule has 1 saturated heterocycles. The molecule has 0 aliphatic carbocycles. The van der Waals surface area contributed by atoms with E-state index in [0.29, 0.717) is 25.9 Å². The van der Waals surface area contributed by atoms with Crippen LogP contribution in [-0.4, -0.2) is 36.4 Å². The molecule has 102 valence electrons. The zero-order chi connectivity index (χ0) is 13.9. The first kappa shape index (κ1) is 13.9. The van der Waals surface area contributed by atoms with Crippen LogP contribution in [0.15, 0.2) is 30.3 Å². The zero-order valence-electron chi connectivity index (χ0n) is 10.8. The van der Waals surface area contributed by atoms with Crippen LogP contribution in [0.1, 0.15) is 18.4 Å². The molecule has 0 bridgehead atoms. The molecular weight excluding hydrogens is 266 g/mol. The maximum absolute atomic E-state index is 12.2. The van der Waals surface area contributed by atoms with Crippen LogP contribution in [0.2, 0.25) is 0 Å². The van der Waals surface area contributed by atoms with Gasteiger partial charge in [-0.25, -0.2) is 0 Å². The number of nitrogens with zero attached hydrogens (tertiary/aromatic N) is 1. The van der Waals surface area contributed by atoms with E-state index in [9.17, 15) is 9.59 Å². The summed E-state index contributed by atoms with van der Waals surface area (Å²) in [5.41, 5.74) is 0.266. The lowest BCUT2D eigenvalue weighted by atomic mass is 9.73. The van der Waals surface area contributed by atoms with Gasteiger partial charge in [0.25, 0.3) is 0 Å². The molecule has 1 amide bonds. The van der Waals surface area contributed by atoms with Gasteiger partial charge in [0, 0.05) is 13.1 Å². The van der Waals surface area contributed by atoms with Gasteiger partial charge >= 0.3 is 11.3 Å². The van der Waals surface area contributed by atoms with Crippen LogP contribution in [0.3, 0.4) is 0 Å². The first-order valence-electron chi connectivity index (χ1n) is 6.18. The van der Waals surface area contributed by atoms with Crippen LogP contribution in [0, 0.1) is 0 Å². The summed E-state index contributed by atoms with van der Waals surface area (Å²) >= 11 is 5.48. The SMILES string of the molecule is COC(=O)C1(c2ccccc2)CCN(C(=O)Cl)CC1. The smallest absolute Gasteiger partial charge is 0.316 e. The van der Waals surface area contributed by atoms with E-state index in [-0.39, 0.29) is 5.97 Å². The Hall–Kier alpha value is -1.55. The summed E-state index contributed by atoms with van der Waals surface area (Å²) in [6.45, 7) is 0.929. The summed E-state index contributed by atoms with van der Waals surface area (Å²) in [4.78, 5) is 24.9. The van der Waals surface area contributed by atoms with Crippen molar-refractivity contribution in [2.45, 2.75) is 18.3 Å². The highest BCUT2D eigenvalue weighted by Crippen LogP contribution is 2.37. The normalized spacial score (nSPS) is 17.9. The lowest BCUT2D eigenvalue weighted by Crippen LogP contribution is -2.48. The molecule has 0 aromatic heterocycles. The fourth-order valence-corrected chi connectivity index (χ4v) is 2.80. The molecule has 1 fully saturated rings. The molecule has 4 nitrogen and oxygen atoms in total. The largest absolute Gasteiger partial charge is 0.468 e. The van der Waals surface area contributed by atoms with Crippen molar-refractivity contribution in [2.24, 2.45) is 0 Å². The van der Waals surface area contributed by atoms with Crippen LogP contribution >= 0.6 is 11.6 Å². The third kappa shape index (κ3) is 2.59. The molecule has 5 heteroatoms. The van der Waals surface area contributed by atoms with E-state index in [1.165, 1.54) is 7.11 Å². The van der Waals surface area contributed by atoms with E-state index in [4.69, 9.17) is 16.3 Å². The number of carbonyl (C=O) groups excluding carboxylic acids is 2. The number of hydrogen-bond acceptors (Lipinski definition) is 3. The minimum atomic E-state index is -0.668. The predicted molar refractivity (Wildman–Crippen MR) is 72.2 cm³/mol. The molecule has 0 N–H and O–H groups in total. The maximum Gasteiger partial charge on any atom is 0.316 e. The van der Waals surface area contributed by atoms with Gasteiger partial charge in [0.05, 0.1) is 12.5 Å². The van der Waals surface area contributed by atoms with Gasteiger partial charge in [-0.2, -0.15) is 0 Å². The van der Waals surface area contributed by atoms with Gasteiger partial charge in [-0.3, -0.25) is 9.59 Å².